The number of alkyl carbamates (subject to hydrolysis) is 1. The fourth-order valence-corrected chi connectivity index (χ4v) is 2.65. The maximum absolute atomic E-state index is 13.1. The first kappa shape index (κ1) is 26.1. The van der Waals surface area contributed by atoms with Crippen molar-refractivity contribution in [3.8, 4) is 0 Å². The largest absolute Gasteiger partial charge is 0.492 e. The Hall–Kier alpha value is -2.91. The third-order valence-corrected chi connectivity index (χ3v) is 4.67. The Morgan fingerprint density at radius 3 is 2.42 bits per heavy atom. The third kappa shape index (κ3) is 9.18. The summed E-state index contributed by atoms with van der Waals surface area (Å²) >= 11 is 0. The lowest BCUT2D eigenvalue weighted by Gasteiger charge is -2.36. The number of guanidine groups is 1. The summed E-state index contributed by atoms with van der Waals surface area (Å²) in [6.07, 6.45) is 2.12. The zero-order chi connectivity index (χ0) is 23.7. The van der Waals surface area contributed by atoms with Gasteiger partial charge in [-0.25, -0.2) is 19.2 Å². The number of nitrogens with zero attached hydrogens (tertiary/aromatic N) is 3. The summed E-state index contributed by atoms with van der Waals surface area (Å²) in [6.45, 7) is 13.0. The molecule has 10 heteroatoms. The van der Waals surface area contributed by atoms with Crippen LogP contribution in [-0.4, -0.2) is 66.6 Å². The van der Waals surface area contributed by atoms with Gasteiger partial charge in [0.25, 0.3) is 0 Å². The first-order valence-corrected chi connectivity index (χ1v) is 9.97. The lowest BCUT2D eigenvalue weighted by atomic mass is 9.80. The summed E-state index contributed by atoms with van der Waals surface area (Å²) < 4.78 is 23.6. The number of nitrogens with one attached hydrogen (secondary N) is 1. The maximum atomic E-state index is 13.1. The predicted octanol–water partition coefficient (Wildman–Crippen LogP) is 3.49. The van der Waals surface area contributed by atoms with Crippen molar-refractivity contribution >= 4 is 24.7 Å². The van der Waals surface area contributed by atoms with Crippen LogP contribution in [0.2, 0.25) is 0 Å². The summed E-state index contributed by atoms with van der Waals surface area (Å²) in [4.78, 5) is 33.0. The normalized spacial score (nSPS) is 17.7. The highest BCUT2D eigenvalue weighted by Gasteiger charge is 2.37. The number of rotatable bonds is 7. The lowest BCUT2D eigenvalue weighted by molar-refractivity contribution is -0.150. The van der Waals surface area contributed by atoms with E-state index in [4.69, 9.17) is 9.47 Å². The van der Waals surface area contributed by atoms with Crippen molar-refractivity contribution in [3.63, 3.8) is 0 Å². The molecular formula is C21H33FN4O5. The number of halogens is 1. The van der Waals surface area contributed by atoms with Gasteiger partial charge in [-0.15, -0.1) is 0 Å². The molecule has 0 aliphatic carbocycles. The molecule has 0 unspecified atom stereocenters. The van der Waals surface area contributed by atoms with E-state index in [0.717, 1.165) is 0 Å². The van der Waals surface area contributed by atoms with Crippen molar-refractivity contribution in [2.75, 3.05) is 26.2 Å². The van der Waals surface area contributed by atoms with Crippen LogP contribution in [0.1, 0.15) is 47.5 Å². The van der Waals surface area contributed by atoms with Crippen LogP contribution in [0.5, 0.6) is 0 Å². The Morgan fingerprint density at radius 2 is 1.94 bits per heavy atom. The van der Waals surface area contributed by atoms with Gasteiger partial charge in [-0.3, -0.25) is 4.79 Å². The van der Waals surface area contributed by atoms with Crippen LogP contribution < -0.4 is 5.32 Å². The number of aliphatic imine (C=N–C) groups is 2. The Labute approximate surface area is 182 Å². The zero-order valence-corrected chi connectivity index (χ0v) is 18.9. The molecule has 0 aromatic carbocycles. The van der Waals surface area contributed by atoms with Gasteiger partial charge in [-0.05, 0) is 54.2 Å². The van der Waals surface area contributed by atoms with Crippen LogP contribution in [0, 0.1) is 5.41 Å². The van der Waals surface area contributed by atoms with Gasteiger partial charge in [-0.1, -0.05) is 0 Å². The van der Waals surface area contributed by atoms with E-state index in [9.17, 15) is 19.1 Å². The summed E-state index contributed by atoms with van der Waals surface area (Å²) in [5.74, 6) is -0.0346. The van der Waals surface area contributed by atoms with Gasteiger partial charge in [0.2, 0.25) is 5.96 Å². The number of carbonyl (C=O) groups is 2. The number of carboxylic acid groups (broad SMARTS) is 1. The maximum Gasteiger partial charge on any atom is 0.407 e. The van der Waals surface area contributed by atoms with Gasteiger partial charge in [0, 0.05) is 25.2 Å². The van der Waals surface area contributed by atoms with Crippen LogP contribution in [0.4, 0.5) is 9.18 Å². The molecule has 9 nitrogen and oxygen atoms in total. The Morgan fingerprint density at radius 1 is 1.32 bits per heavy atom. The van der Waals surface area contributed by atoms with E-state index in [1.54, 1.807) is 34.6 Å². The van der Waals surface area contributed by atoms with E-state index >= 15 is 0 Å². The molecule has 0 saturated carbocycles. The second-order valence-electron chi connectivity index (χ2n) is 8.59. The smallest absolute Gasteiger partial charge is 0.407 e. The van der Waals surface area contributed by atoms with Crippen molar-refractivity contribution in [1.29, 1.82) is 0 Å². The highest BCUT2D eigenvalue weighted by molar-refractivity contribution is 5.85. The zero-order valence-electron chi connectivity index (χ0n) is 18.9. The van der Waals surface area contributed by atoms with Crippen molar-refractivity contribution in [3.05, 3.63) is 23.9 Å². The minimum Gasteiger partial charge on any atom is -0.492 e. The van der Waals surface area contributed by atoms with Crippen molar-refractivity contribution in [2.24, 2.45) is 15.4 Å². The quantitative estimate of drug-likeness (QED) is 0.356. The Bertz CT molecular complexity index is 747. The predicted molar refractivity (Wildman–Crippen MR) is 117 cm³/mol. The van der Waals surface area contributed by atoms with E-state index in [1.807, 2.05) is 4.90 Å². The molecule has 1 aliphatic heterocycles. The summed E-state index contributed by atoms with van der Waals surface area (Å²) in [5, 5.41) is 11.8. The molecule has 1 saturated heterocycles. The molecule has 1 amide bonds. The van der Waals surface area contributed by atoms with Gasteiger partial charge < -0.3 is 24.8 Å². The van der Waals surface area contributed by atoms with Crippen LogP contribution in [0.15, 0.2) is 33.8 Å². The van der Waals surface area contributed by atoms with Crippen LogP contribution in [-0.2, 0) is 14.3 Å². The minimum absolute atomic E-state index is 0.0580. The van der Waals surface area contributed by atoms with Gasteiger partial charge >= 0.3 is 12.1 Å². The minimum atomic E-state index is -0.806. The topological polar surface area (TPSA) is 113 Å². The average molecular weight is 441 g/mol. The molecule has 0 spiro atoms. The van der Waals surface area contributed by atoms with Crippen molar-refractivity contribution in [2.45, 2.75) is 53.1 Å². The molecule has 0 atom stereocenters. The van der Waals surface area contributed by atoms with Gasteiger partial charge in [0.15, 0.2) is 0 Å². The lowest BCUT2D eigenvalue weighted by Crippen LogP contribution is -2.44. The second kappa shape index (κ2) is 11.5. The fraction of sp³-hybridized carbons (Fsp3) is 0.619. The number of amides is 1. The highest BCUT2D eigenvalue weighted by atomic mass is 19.1. The standard InChI is InChI=1S/C21H33FN4O5/c1-15(30-14-16(11-22)13-25-19(29)31-20(2,3)4)12-24-18(23-6)26-9-7-21(5,8-10-26)17(27)28/h11-12H,6-10,13-14H2,1-5H3,(H,25,29)(H,27,28)/b15-12+,16-11+,24-18+. The second-order valence-corrected chi connectivity index (χ2v) is 8.59. The number of allylic oxidation sites excluding steroid dienone is 1. The molecule has 2 N–H and O–H groups in total. The first-order valence-electron chi connectivity index (χ1n) is 9.97. The number of carbonyl (C=O) groups excluding carboxylic acids is 1. The van der Waals surface area contributed by atoms with Crippen molar-refractivity contribution < 1.29 is 28.6 Å². The molecule has 1 heterocycles. The number of aliphatic carboxylic acids is 1. The molecular weight excluding hydrogens is 407 g/mol. The molecule has 0 aromatic rings. The molecule has 1 rings (SSSR count). The molecule has 174 valence electrons. The Balaban J connectivity index is 2.57. The fourth-order valence-electron chi connectivity index (χ4n) is 2.65. The van der Waals surface area contributed by atoms with E-state index in [1.165, 1.54) is 6.20 Å². The summed E-state index contributed by atoms with van der Waals surface area (Å²) in [6, 6.07) is 0. The molecule has 0 aromatic heterocycles. The molecule has 1 fully saturated rings. The van der Waals surface area contributed by atoms with E-state index in [-0.39, 0.29) is 18.7 Å². The molecule has 0 bridgehead atoms. The average Bonchev–Trinajstić information content (AvgIpc) is 2.68. The van der Waals surface area contributed by atoms with Crippen LogP contribution >= 0.6 is 0 Å². The summed E-state index contributed by atoms with van der Waals surface area (Å²) in [5.41, 5.74) is -1.18. The van der Waals surface area contributed by atoms with Crippen molar-refractivity contribution in [1.82, 2.24) is 10.2 Å². The number of likely N-dealkylation sites (tertiary alicyclic amines) is 1. The number of piperidine rings is 1. The molecule has 0 radical (unpaired) electrons. The number of carboxylic acids is 1. The Kier molecular flexibility index (Phi) is 9.67. The molecule has 1 aliphatic rings. The van der Waals surface area contributed by atoms with Crippen LogP contribution in [0.25, 0.3) is 0 Å². The van der Waals surface area contributed by atoms with Gasteiger partial charge in [-0.2, -0.15) is 0 Å². The van der Waals surface area contributed by atoms with Gasteiger partial charge in [0.05, 0.1) is 17.9 Å². The number of hydrogen-bond acceptors (Lipinski definition) is 5. The molecule has 31 heavy (non-hydrogen) atoms. The van der Waals surface area contributed by atoms with Crippen LogP contribution in [0.3, 0.4) is 0 Å². The van der Waals surface area contributed by atoms with Gasteiger partial charge in [0.1, 0.15) is 18.0 Å². The number of ether oxygens (including phenoxy) is 2. The summed E-state index contributed by atoms with van der Waals surface area (Å²) in [7, 11) is 0. The highest BCUT2D eigenvalue weighted by Crippen LogP contribution is 2.31. The van der Waals surface area contributed by atoms with E-state index < -0.39 is 23.1 Å². The first-order chi connectivity index (χ1) is 14.4. The third-order valence-electron chi connectivity index (χ3n) is 4.67. The SMILES string of the molecule is C=N/C(=N\C=C(/C)OC/C(=C/F)CNC(=O)OC(C)(C)C)N1CCC(C)(C(=O)O)CC1. The van der Waals surface area contributed by atoms with E-state index in [0.29, 0.717) is 44.0 Å². The monoisotopic (exact) mass is 440 g/mol. The van der Waals surface area contributed by atoms with E-state index in [2.05, 4.69) is 22.0 Å². The number of hydrogen-bond donors (Lipinski definition) is 2.